The van der Waals surface area contributed by atoms with Gasteiger partial charge in [-0.05, 0) is 25.8 Å². The lowest BCUT2D eigenvalue weighted by Gasteiger charge is -2.25. The Morgan fingerprint density at radius 3 is 2.44 bits per heavy atom. The maximum absolute atomic E-state index is 14.6. The highest BCUT2D eigenvalue weighted by atomic mass is 19.2. The summed E-state index contributed by atoms with van der Waals surface area (Å²) in [6, 6.07) is 0.128. The van der Waals surface area contributed by atoms with E-state index in [1.54, 1.807) is 6.92 Å². The highest BCUT2D eigenvalue weighted by Gasteiger charge is 2.26. The number of ether oxygens (including phenoxy) is 1. The maximum atomic E-state index is 14.6. The minimum absolute atomic E-state index is 0.0303. The number of carbonyl (C=O) groups is 1. The highest BCUT2D eigenvalue weighted by molar-refractivity contribution is 5.94. The van der Waals surface area contributed by atoms with Gasteiger partial charge in [0, 0.05) is 6.20 Å². The largest absolute Gasteiger partial charge is 0.462 e. The fourth-order valence-corrected chi connectivity index (χ4v) is 3.07. The van der Waals surface area contributed by atoms with Crippen molar-refractivity contribution in [3.8, 4) is 0 Å². The molecule has 1 aromatic carbocycles. The molecule has 0 fully saturated rings. The van der Waals surface area contributed by atoms with Crippen molar-refractivity contribution in [2.45, 2.75) is 46.1 Å². The molecule has 2 aromatic rings. The lowest BCUT2D eigenvalue weighted by molar-refractivity contribution is 0.0524. The van der Waals surface area contributed by atoms with E-state index in [1.807, 2.05) is 13.8 Å². The summed E-state index contributed by atoms with van der Waals surface area (Å²) >= 11 is 0. The van der Waals surface area contributed by atoms with Crippen LogP contribution in [0.3, 0.4) is 0 Å². The van der Waals surface area contributed by atoms with E-state index in [0.717, 1.165) is 6.20 Å². The van der Waals surface area contributed by atoms with E-state index < -0.39 is 40.3 Å². The molecule has 1 heterocycles. The third kappa shape index (κ3) is 3.77. The van der Waals surface area contributed by atoms with Gasteiger partial charge in [0.05, 0.1) is 23.6 Å². The second-order valence-electron chi connectivity index (χ2n) is 6.20. The zero-order chi connectivity index (χ0) is 20.3. The van der Waals surface area contributed by atoms with Gasteiger partial charge in [0.25, 0.3) is 0 Å². The van der Waals surface area contributed by atoms with E-state index in [-0.39, 0.29) is 17.7 Å². The van der Waals surface area contributed by atoms with Crippen LogP contribution in [0.1, 0.15) is 56.4 Å². The minimum atomic E-state index is -1.67. The molecule has 27 heavy (non-hydrogen) atoms. The van der Waals surface area contributed by atoms with Crippen molar-refractivity contribution in [3.05, 3.63) is 57.7 Å². The molecule has 1 atom stereocenters. The van der Waals surface area contributed by atoms with Crippen molar-refractivity contribution >= 4 is 16.9 Å². The van der Waals surface area contributed by atoms with E-state index in [2.05, 4.69) is 6.58 Å². The van der Waals surface area contributed by atoms with Crippen LogP contribution in [0.25, 0.3) is 10.9 Å². The number of benzene rings is 1. The standard InChI is InChI=1S/C20H22F3NO3/c1-5-8-15(11(4)6-2)24-10-13(20(26)27-7-3)19(25)12-9-14(21)16(22)17(23)18(12)24/h9-10,15H,4-8H2,1-3H3. The number of esters is 1. The van der Waals surface area contributed by atoms with Crippen LogP contribution in [0.2, 0.25) is 0 Å². The molecule has 1 unspecified atom stereocenters. The van der Waals surface area contributed by atoms with Crippen LogP contribution < -0.4 is 5.43 Å². The summed E-state index contributed by atoms with van der Waals surface area (Å²) in [7, 11) is 0. The molecule has 0 spiro atoms. The molecule has 7 heteroatoms. The summed E-state index contributed by atoms with van der Waals surface area (Å²) in [4.78, 5) is 24.8. The summed E-state index contributed by atoms with van der Waals surface area (Å²) in [5.41, 5.74) is -0.949. The van der Waals surface area contributed by atoms with Crippen LogP contribution in [0, 0.1) is 17.5 Å². The van der Waals surface area contributed by atoms with E-state index in [1.165, 1.54) is 4.57 Å². The molecule has 2 rings (SSSR count). The van der Waals surface area contributed by atoms with Gasteiger partial charge in [-0.3, -0.25) is 4.79 Å². The Balaban J connectivity index is 2.97. The molecule has 146 valence electrons. The van der Waals surface area contributed by atoms with Crippen molar-refractivity contribution < 1.29 is 22.7 Å². The second-order valence-corrected chi connectivity index (χ2v) is 6.20. The molecular weight excluding hydrogens is 359 g/mol. The number of hydrogen-bond donors (Lipinski definition) is 0. The van der Waals surface area contributed by atoms with Gasteiger partial charge in [-0.2, -0.15) is 0 Å². The van der Waals surface area contributed by atoms with Gasteiger partial charge in [0.2, 0.25) is 5.43 Å². The summed E-state index contributed by atoms with van der Waals surface area (Å²) in [5, 5.41) is -0.415. The van der Waals surface area contributed by atoms with Crippen molar-refractivity contribution in [2.75, 3.05) is 6.61 Å². The van der Waals surface area contributed by atoms with Crippen molar-refractivity contribution in [2.24, 2.45) is 0 Å². The summed E-state index contributed by atoms with van der Waals surface area (Å²) in [5.74, 6) is -5.54. The number of allylic oxidation sites excluding steroid dienone is 1. The molecule has 0 aliphatic rings. The maximum Gasteiger partial charge on any atom is 0.343 e. The first-order valence-corrected chi connectivity index (χ1v) is 8.85. The molecular formula is C20H22F3NO3. The number of nitrogens with zero attached hydrogens (tertiary/aromatic N) is 1. The highest BCUT2D eigenvalue weighted by Crippen LogP contribution is 2.30. The Bertz CT molecular complexity index is 950. The normalized spacial score (nSPS) is 12.2. The first-order valence-electron chi connectivity index (χ1n) is 8.85. The quantitative estimate of drug-likeness (QED) is 0.389. The molecule has 0 bridgehead atoms. The van der Waals surface area contributed by atoms with Gasteiger partial charge < -0.3 is 9.30 Å². The number of hydrogen-bond acceptors (Lipinski definition) is 3. The number of aromatic nitrogens is 1. The van der Waals surface area contributed by atoms with Crippen molar-refractivity contribution in [3.63, 3.8) is 0 Å². The third-order valence-corrected chi connectivity index (χ3v) is 4.47. The Morgan fingerprint density at radius 2 is 1.89 bits per heavy atom. The predicted octanol–water partition coefficient (Wildman–Crippen LogP) is 4.90. The molecule has 0 aliphatic heterocycles. The average Bonchev–Trinajstić information content (AvgIpc) is 2.64. The van der Waals surface area contributed by atoms with Crippen LogP contribution in [-0.4, -0.2) is 17.1 Å². The molecule has 0 saturated heterocycles. The summed E-state index contributed by atoms with van der Waals surface area (Å²) < 4.78 is 48.5. The van der Waals surface area contributed by atoms with Gasteiger partial charge in [0.1, 0.15) is 5.56 Å². The Morgan fingerprint density at radius 1 is 1.22 bits per heavy atom. The van der Waals surface area contributed by atoms with Gasteiger partial charge >= 0.3 is 5.97 Å². The van der Waals surface area contributed by atoms with Crippen molar-refractivity contribution in [1.29, 1.82) is 0 Å². The molecule has 0 N–H and O–H groups in total. The van der Waals surface area contributed by atoms with Crippen LogP contribution >= 0.6 is 0 Å². The smallest absolute Gasteiger partial charge is 0.343 e. The second kappa shape index (κ2) is 8.41. The number of halogens is 3. The Kier molecular flexibility index (Phi) is 6.46. The fourth-order valence-electron chi connectivity index (χ4n) is 3.07. The number of carbonyl (C=O) groups excluding carboxylic acids is 1. The third-order valence-electron chi connectivity index (χ3n) is 4.47. The van der Waals surface area contributed by atoms with E-state index in [0.29, 0.717) is 30.9 Å². The predicted molar refractivity (Wildman–Crippen MR) is 97.4 cm³/mol. The molecule has 1 aromatic heterocycles. The fraction of sp³-hybridized carbons (Fsp3) is 0.400. The Labute approximate surface area is 155 Å². The molecule has 0 saturated carbocycles. The molecule has 0 aliphatic carbocycles. The van der Waals surface area contributed by atoms with Gasteiger partial charge in [-0.25, -0.2) is 18.0 Å². The molecule has 0 amide bonds. The first-order chi connectivity index (χ1) is 12.8. The van der Waals surface area contributed by atoms with Gasteiger partial charge in [-0.15, -0.1) is 0 Å². The summed E-state index contributed by atoms with van der Waals surface area (Å²) in [6.07, 6.45) is 2.92. The van der Waals surface area contributed by atoms with E-state index >= 15 is 0 Å². The number of rotatable bonds is 7. The zero-order valence-corrected chi connectivity index (χ0v) is 15.6. The van der Waals surface area contributed by atoms with Crippen LogP contribution in [-0.2, 0) is 4.74 Å². The van der Waals surface area contributed by atoms with Crippen LogP contribution in [0.15, 0.2) is 29.2 Å². The van der Waals surface area contributed by atoms with Gasteiger partial charge in [0.15, 0.2) is 17.5 Å². The Hall–Kier alpha value is -2.57. The average molecular weight is 381 g/mol. The zero-order valence-electron chi connectivity index (χ0n) is 15.6. The van der Waals surface area contributed by atoms with E-state index in [4.69, 9.17) is 4.74 Å². The lowest BCUT2D eigenvalue weighted by atomic mass is 9.99. The molecule has 0 radical (unpaired) electrons. The first kappa shape index (κ1) is 20.7. The number of pyridine rings is 1. The summed E-state index contributed by atoms with van der Waals surface area (Å²) in [6.45, 7) is 9.34. The van der Waals surface area contributed by atoms with Crippen molar-refractivity contribution in [1.82, 2.24) is 4.57 Å². The lowest BCUT2D eigenvalue weighted by Crippen LogP contribution is -2.24. The topological polar surface area (TPSA) is 48.3 Å². The van der Waals surface area contributed by atoms with Gasteiger partial charge in [-0.1, -0.05) is 32.4 Å². The van der Waals surface area contributed by atoms with Crippen LogP contribution in [0.5, 0.6) is 0 Å². The van der Waals surface area contributed by atoms with E-state index in [9.17, 15) is 22.8 Å². The molecule has 4 nitrogen and oxygen atoms in total. The minimum Gasteiger partial charge on any atom is -0.462 e. The van der Waals surface area contributed by atoms with Crippen LogP contribution in [0.4, 0.5) is 13.2 Å². The number of fused-ring (bicyclic) bond motifs is 1. The monoisotopic (exact) mass is 381 g/mol. The SMILES string of the molecule is C=C(CC)C(CCC)n1cc(C(=O)OCC)c(=O)c2cc(F)c(F)c(F)c21.